The van der Waals surface area contributed by atoms with Gasteiger partial charge in [-0.1, -0.05) is 12.1 Å². The van der Waals surface area contributed by atoms with Gasteiger partial charge in [0.25, 0.3) is 0 Å². The third kappa shape index (κ3) is 2.27. The van der Waals surface area contributed by atoms with Gasteiger partial charge in [0.05, 0.1) is 12.7 Å². The Labute approximate surface area is 122 Å². The Bertz CT molecular complexity index is 769. The van der Waals surface area contributed by atoms with Crippen molar-refractivity contribution in [1.29, 1.82) is 0 Å². The predicted molar refractivity (Wildman–Crippen MR) is 82.0 cm³/mol. The number of aryl methyl sites for hydroxylation is 2. The average molecular weight is 283 g/mol. The molecule has 5 heteroatoms. The lowest BCUT2D eigenvalue weighted by Gasteiger charge is -2.05. The molecule has 2 aromatic heterocycles. The summed E-state index contributed by atoms with van der Waals surface area (Å²) in [6.07, 6.45) is 1.70. The highest BCUT2D eigenvalue weighted by atomic mass is 16.5. The zero-order valence-electron chi connectivity index (χ0n) is 12.3. The summed E-state index contributed by atoms with van der Waals surface area (Å²) in [6, 6.07) is 9.72. The van der Waals surface area contributed by atoms with Crippen LogP contribution in [-0.4, -0.2) is 16.9 Å². The molecular formula is C16H17N3O2. The summed E-state index contributed by atoms with van der Waals surface area (Å²) in [5.41, 5.74) is 9.83. The highest BCUT2D eigenvalue weighted by molar-refractivity contribution is 5.88. The minimum atomic E-state index is 0.619. The molecule has 5 nitrogen and oxygen atoms in total. The standard InChI is InChI=1S/C16H17N3O2/c1-10-8-12(9-21-10)15-14(16(17)19(2)18-15)11-4-6-13(20-3)7-5-11/h4-9H,17H2,1-3H3. The van der Waals surface area contributed by atoms with Crippen LogP contribution >= 0.6 is 0 Å². The number of rotatable bonds is 3. The highest BCUT2D eigenvalue weighted by Crippen LogP contribution is 2.37. The van der Waals surface area contributed by atoms with Crippen LogP contribution in [0, 0.1) is 6.92 Å². The van der Waals surface area contributed by atoms with E-state index in [1.54, 1.807) is 18.1 Å². The number of anilines is 1. The van der Waals surface area contributed by atoms with Crippen LogP contribution in [0.5, 0.6) is 5.75 Å². The van der Waals surface area contributed by atoms with Crippen molar-refractivity contribution in [3.8, 4) is 28.1 Å². The van der Waals surface area contributed by atoms with E-state index in [2.05, 4.69) is 5.10 Å². The lowest BCUT2D eigenvalue weighted by atomic mass is 10.0. The van der Waals surface area contributed by atoms with Crippen LogP contribution in [0.1, 0.15) is 5.76 Å². The molecule has 2 N–H and O–H groups in total. The number of hydrogen-bond donors (Lipinski definition) is 1. The maximum atomic E-state index is 6.19. The molecule has 0 aliphatic heterocycles. The van der Waals surface area contributed by atoms with Gasteiger partial charge in [-0.05, 0) is 30.7 Å². The Kier molecular flexibility index (Phi) is 3.17. The first kappa shape index (κ1) is 13.3. The molecule has 0 aliphatic carbocycles. The van der Waals surface area contributed by atoms with E-state index in [-0.39, 0.29) is 0 Å². The number of furan rings is 1. The van der Waals surface area contributed by atoms with Crippen molar-refractivity contribution in [1.82, 2.24) is 9.78 Å². The second-order valence-electron chi connectivity index (χ2n) is 4.91. The van der Waals surface area contributed by atoms with Crippen molar-refractivity contribution in [2.45, 2.75) is 6.92 Å². The van der Waals surface area contributed by atoms with E-state index in [0.717, 1.165) is 33.9 Å². The third-order valence-corrected chi connectivity index (χ3v) is 3.47. The van der Waals surface area contributed by atoms with Crippen molar-refractivity contribution in [2.75, 3.05) is 12.8 Å². The van der Waals surface area contributed by atoms with Gasteiger partial charge >= 0.3 is 0 Å². The monoisotopic (exact) mass is 283 g/mol. The number of nitrogens with zero attached hydrogens (tertiary/aromatic N) is 2. The van der Waals surface area contributed by atoms with Crippen LogP contribution in [0.3, 0.4) is 0 Å². The van der Waals surface area contributed by atoms with E-state index < -0.39 is 0 Å². The summed E-state index contributed by atoms with van der Waals surface area (Å²) in [7, 11) is 3.48. The van der Waals surface area contributed by atoms with Gasteiger partial charge in [0.2, 0.25) is 0 Å². The van der Waals surface area contributed by atoms with Gasteiger partial charge in [-0.15, -0.1) is 0 Å². The molecule has 0 bridgehead atoms. The van der Waals surface area contributed by atoms with Gasteiger partial charge in [0.15, 0.2) is 0 Å². The van der Waals surface area contributed by atoms with Crippen LogP contribution in [-0.2, 0) is 7.05 Å². The molecule has 0 saturated heterocycles. The number of aromatic nitrogens is 2. The molecule has 0 unspecified atom stereocenters. The fourth-order valence-corrected chi connectivity index (χ4v) is 2.35. The number of ether oxygens (including phenoxy) is 1. The van der Waals surface area contributed by atoms with Crippen molar-refractivity contribution in [3.05, 3.63) is 42.4 Å². The van der Waals surface area contributed by atoms with Gasteiger partial charge in [-0.2, -0.15) is 5.10 Å². The van der Waals surface area contributed by atoms with E-state index in [1.807, 2.05) is 44.3 Å². The Hall–Kier alpha value is -2.69. The largest absolute Gasteiger partial charge is 0.497 e. The van der Waals surface area contributed by atoms with Crippen LogP contribution < -0.4 is 10.5 Å². The maximum absolute atomic E-state index is 6.19. The molecule has 0 amide bonds. The molecule has 0 saturated carbocycles. The topological polar surface area (TPSA) is 66.2 Å². The van der Waals surface area contributed by atoms with E-state index in [0.29, 0.717) is 5.82 Å². The van der Waals surface area contributed by atoms with Crippen molar-refractivity contribution >= 4 is 5.82 Å². The van der Waals surface area contributed by atoms with Crippen LogP contribution in [0.4, 0.5) is 5.82 Å². The zero-order chi connectivity index (χ0) is 15.0. The fraction of sp³-hybridized carbons (Fsp3) is 0.188. The van der Waals surface area contributed by atoms with Gasteiger partial charge in [0, 0.05) is 12.6 Å². The molecule has 0 fully saturated rings. The summed E-state index contributed by atoms with van der Waals surface area (Å²) in [5, 5.41) is 4.51. The number of hydrogen-bond acceptors (Lipinski definition) is 4. The van der Waals surface area contributed by atoms with Gasteiger partial charge in [0.1, 0.15) is 29.3 Å². The van der Waals surface area contributed by atoms with Crippen molar-refractivity contribution < 1.29 is 9.15 Å². The van der Waals surface area contributed by atoms with Gasteiger partial charge in [-0.25, -0.2) is 0 Å². The minimum absolute atomic E-state index is 0.619. The zero-order valence-corrected chi connectivity index (χ0v) is 12.3. The van der Waals surface area contributed by atoms with E-state index in [9.17, 15) is 0 Å². The minimum Gasteiger partial charge on any atom is -0.497 e. The van der Waals surface area contributed by atoms with Crippen molar-refractivity contribution in [3.63, 3.8) is 0 Å². The fourth-order valence-electron chi connectivity index (χ4n) is 2.35. The summed E-state index contributed by atoms with van der Waals surface area (Å²) in [6.45, 7) is 1.91. The molecular weight excluding hydrogens is 266 g/mol. The number of nitrogens with two attached hydrogens (primary N) is 1. The molecule has 0 spiro atoms. The summed E-state index contributed by atoms with van der Waals surface area (Å²) in [4.78, 5) is 0. The Balaban J connectivity index is 2.16. The molecule has 21 heavy (non-hydrogen) atoms. The van der Waals surface area contributed by atoms with Crippen LogP contribution in [0.25, 0.3) is 22.4 Å². The third-order valence-electron chi connectivity index (χ3n) is 3.47. The highest BCUT2D eigenvalue weighted by Gasteiger charge is 2.18. The molecule has 0 aliphatic rings. The maximum Gasteiger partial charge on any atom is 0.129 e. The van der Waals surface area contributed by atoms with Gasteiger partial charge < -0.3 is 14.9 Å². The lowest BCUT2D eigenvalue weighted by Crippen LogP contribution is -1.98. The number of nitrogen functional groups attached to an aromatic ring is 1. The quantitative estimate of drug-likeness (QED) is 0.801. The second-order valence-corrected chi connectivity index (χ2v) is 4.91. The number of benzene rings is 1. The Morgan fingerprint density at radius 3 is 2.48 bits per heavy atom. The molecule has 0 atom stereocenters. The normalized spacial score (nSPS) is 10.8. The average Bonchev–Trinajstić information content (AvgIpc) is 3.04. The predicted octanol–water partition coefficient (Wildman–Crippen LogP) is 3.25. The molecule has 0 radical (unpaired) electrons. The van der Waals surface area contributed by atoms with E-state index in [4.69, 9.17) is 14.9 Å². The smallest absolute Gasteiger partial charge is 0.129 e. The lowest BCUT2D eigenvalue weighted by molar-refractivity contribution is 0.415. The van der Waals surface area contributed by atoms with Crippen molar-refractivity contribution in [2.24, 2.45) is 7.05 Å². The molecule has 108 valence electrons. The van der Waals surface area contributed by atoms with Crippen LogP contribution in [0.15, 0.2) is 41.0 Å². The molecule has 2 heterocycles. The molecule has 1 aromatic carbocycles. The van der Waals surface area contributed by atoms with Crippen LogP contribution in [0.2, 0.25) is 0 Å². The second kappa shape index (κ2) is 5.01. The van der Waals surface area contributed by atoms with Gasteiger partial charge in [-0.3, -0.25) is 4.68 Å². The first-order chi connectivity index (χ1) is 10.1. The SMILES string of the molecule is COc1ccc(-c2c(-c3coc(C)c3)nn(C)c2N)cc1. The first-order valence-corrected chi connectivity index (χ1v) is 6.62. The summed E-state index contributed by atoms with van der Waals surface area (Å²) < 4.78 is 12.3. The van der Waals surface area contributed by atoms with E-state index >= 15 is 0 Å². The summed E-state index contributed by atoms with van der Waals surface area (Å²) >= 11 is 0. The molecule has 3 aromatic rings. The summed E-state index contributed by atoms with van der Waals surface area (Å²) in [5.74, 6) is 2.27. The first-order valence-electron chi connectivity index (χ1n) is 6.62. The Morgan fingerprint density at radius 2 is 1.90 bits per heavy atom. The van der Waals surface area contributed by atoms with E-state index in [1.165, 1.54) is 0 Å². The Morgan fingerprint density at radius 1 is 1.19 bits per heavy atom. The molecule has 3 rings (SSSR count). The number of methoxy groups -OCH3 is 1.